The lowest BCUT2D eigenvalue weighted by Gasteiger charge is -2.06. The SMILES string of the molecule is Cc1nnc(NC(=O)CSCC(C)CN)o1. The molecular weight excluding hydrogens is 228 g/mol. The molecule has 0 saturated carbocycles. The minimum atomic E-state index is -0.141. The highest BCUT2D eigenvalue weighted by molar-refractivity contribution is 7.99. The summed E-state index contributed by atoms with van der Waals surface area (Å²) in [5.74, 6) is 1.94. The topological polar surface area (TPSA) is 94.0 Å². The van der Waals surface area contributed by atoms with Gasteiger partial charge in [-0.05, 0) is 18.2 Å². The first-order valence-corrected chi connectivity index (χ1v) is 6.15. The molecule has 0 radical (unpaired) electrons. The molecule has 1 atom stereocenters. The van der Waals surface area contributed by atoms with Gasteiger partial charge in [-0.3, -0.25) is 10.1 Å². The maximum atomic E-state index is 11.4. The molecule has 1 aromatic rings. The summed E-state index contributed by atoms with van der Waals surface area (Å²) in [6.45, 7) is 4.35. The Bertz CT molecular complexity index is 342. The lowest BCUT2D eigenvalue weighted by atomic mass is 10.2. The van der Waals surface area contributed by atoms with Gasteiger partial charge >= 0.3 is 6.01 Å². The Morgan fingerprint density at radius 1 is 1.62 bits per heavy atom. The second-order valence-corrected chi connectivity index (χ2v) is 4.56. The minimum Gasteiger partial charge on any atom is -0.408 e. The summed E-state index contributed by atoms with van der Waals surface area (Å²) in [4.78, 5) is 11.4. The summed E-state index contributed by atoms with van der Waals surface area (Å²) in [5, 5.41) is 9.80. The van der Waals surface area contributed by atoms with Crippen LogP contribution >= 0.6 is 11.8 Å². The number of aryl methyl sites for hydroxylation is 1. The maximum Gasteiger partial charge on any atom is 0.322 e. The van der Waals surface area contributed by atoms with Crippen LogP contribution in [-0.2, 0) is 4.79 Å². The predicted octanol–water partition coefficient (Wildman–Crippen LogP) is 0.645. The maximum absolute atomic E-state index is 11.4. The number of hydrogen-bond donors (Lipinski definition) is 2. The van der Waals surface area contributed by atoms with E-state index in [1.807, 2.05) is 6.92 Å². The van der Waals surface area contributed by atoms with Crippen molar-refractivity contribution in [1.29, 1.82) is 0 Å². The monoisotopic (exact) mass is 244 g/mol. The van der Waals surface area contributed by atoms with Gasteiger partial charge in [-0.1, -0.05) is 12.0 Å². The molecule has 0 aliphatic heterocycles. The molecule has 0 aliphatic carbocycles. The van der Waals surface area contributed by atoms with E-state index >= 15 is 0 Å². The molecule has 1 unspecified atom stereocenters. The standard InChI is InChI=1S/C9H16N4O2S/c1-6(3-10)4-16-5-8(14)11-9-13-12-7(2)15-9/h6H,3-5,10H2,1-2H3,(H,11,13,14). The third-order valence-corrected chi connectivity index (χ3v) is 3.08. The smallest absolute Gasteiger partial charge is 0.322 e. The highest BCUT2D eigenvalue weighted by Crippen LogP contribution is 2.09. The van der Waals surface area contributed by atoms with Gasteiger partial charge in [0.05, 0.1) is 5.75 Å². The van der Waals surface area contributed by atoms with Gasteiger partial charge in [0.15, 0.2) is 0 Å². The molecule has 90 valence electrons. The fraction of sp³-hybridized carbons (Fsp3) is 0.667. The fourth-order valence-corrected chi connectivity index (χ4v) is 1.84. The van der Waals surface area contributed by atoms with Crippen molar-refractivity contribution in [2.45, 2.75) is 13.8 Å². The van der Waals surface area contributed by atoms with Gasteiger partial charge in [-0.15, -0.1) is 5.10 Å². The number of hydrogen-bond acceptors (Lipinski definition) is 6. The van der Waals surface area contributed by atoms with Crippen molar-refractivity contribution in [2.75, 3.05) is 23.4 Å². The van der Waals surface area contributed by atoms with Gasteiger partial charge in [-0.25, -0.2) is 0 Å². The van der Waals surface area contributed by atoms with Crippen LogP contribution in [0.1, 0.15) is 12.8 Å². The molecule has 0 saturated heterocycles. The lowest BCUT2D eigenvalue weighted by Crippen LogP contribution is -2.17. The number of carbonyl (C=O) groups excluding carboxylic acids is 1. The Labute approximate surface area is 98.4 Å². The number of nitrogens with zero attached hydrogens (tertiary/aromatic N) is 2. The van der Waals surface area contributed by atoms with Crippen molar-refractivity contribution in [2.24, 2.45) is 11.7 Å². The predicted molar refractivity (Wildman–Crippen MR) is 63.2 cm³/mol. The number of thioether (sulfide) groups is 1. The van der Waals surface area contributed by atoms with Gasteiger partial charge in [0.1, 0.15) is 0 Å². The van der Waals surface area contributed by atoms with Crippen LogP contribution in [0, 0.1) is 12.8 Å². The zero-order valence-corrected chi connectivity index (χ0v) is 10.2. The second kappa shape index (κ2) is 6.49. The molecule has 0 aliphatic rings. The van der Waals surface area contributed by atoms with Crippen molar-refractivity contribution in [3.05, 3.63) is 5.89 Å². The Balaban J connectivity index is 2.21. The van der Waals surface area contributed by atoms with E-state index in [1.54, 1.807) is 6.92 Å². The van der Waals surface area contributed by atoms with Crippen LogP contribution in [0.5, 0.6) is 0 Å². The van der Waals surface area contributed by atoms with E-state index in [0.717, 1.165) is 5.75 Å². The zero-order chi connectivity index (χ0) is 12.0. The molecule has 16 heavy (non-hydrogen) atoms. The zero-order valence-electron chi connectivity index (χ0n) is 9.40. The van der Waals surface area contributed by atoms with Crippen LogP contribution < -0.4 is 11.1 Å². The molecule has 0 spiro atoms. The van der Waals surface area contributed by atoms with Gasteiger partial charge in [0, 0.05) is 6.92 Å². The van der Waals surface area contributed by atoms with E-state index in [-0.39, 0.29) is 11.9 Å². The number of aromatic nitrogens is 2. The van der Waals surface area contributed by atoms with Crippen LogP contribution in [-0.4, -0.2) is 34.2 Å². The molecule has 1 rings (SSSR count). The van der Waals surface area contributed by atoms with Crippen molar-refractivity contribution in [1.82, 2.24) is 10.2 Å². The number of carbonyl (C=O) groups is 1. The molecule has 0 bridgehead atoms. The van der Waals surface area contributed by atoms with Crippen LogP contribution in [0.25, 0.3) is 0 Å². The first-order chi connectivity index (χ1) is 7.61. The summed E-state index contributed by atoms with van der Waals surface area (Å²) in [6.07, 6.45) is 0. The van der Waals surface area contributed by atoms with E-state index < -0.39 is 0 Å². The van der Waals surface area contributed by atoms with Crippen LogP contribution in [0.15, 0.2) is 4.42 Å². The molecule has 1 amide bonds. The number of amides is 1. The average molecular weight is 244 g/mol. The summed E-state index contributed by atoms with van der Waals surface area (Å²) >= 11 is 1.54. The van der Waals surface area contributed by atoms with Crippen molar-refractivity contribution < 1.29 is 9.21 Å². The van der Waals surface area contributed by atoms with Crippen LogP contribution in [0.4, 0.5) is 6.01 Å². The molecule has 6 nitrogen and oxygen atoms in total. The number of nitrogens with one attached hydrogen (secondary N) is 1. The highest BCUT2D eigenvalue weighted by Gasteiger charge is 2.08. The molecule has 1 aromatic heterocycles. The number of anilines is 1. The molecule has 0 aromatic carbocycles. The molecule has 0 fully saturated rings. The van der Waals surface area contributed by atoms with Gasteiger partial charge in [0.2, 0.25) is 11.8 Å². The first-order valence-electron chi connectivity index (χ1n) is 4.99. The lowest BCUT2D eigenvalue weighted by molar-refractivity contribution is -0.113. The average Bonchev–Trinajstić information content (AvgIpc) is 2.63. The minimum absolute atomic E-state index is 0.141. The van der Waals surface area contributed by atoms with Crippen LogP contribution in [0.3, 0.4) is 0 Å². The first kappa shape index (κ1) is 13.0. The molecule has 7 heteroatoms. The van der Waals surface area contributed by atoms with Crippen molar-refractivity contribution >= 4 is 23.7 Å². The van der Waals surface area contributed by atoms with Crippen molar-refractivity contribution in [3.8, 4) is 0 Å². The summed E-state index contributed by atoms with van der Waals surface area (Å²) in [5.41, 5.74) is 5.47. The quantitative estimate of drug-likeness (QED) is 0.762. The van der Waals surface area contributed by atoms with Gasteiger partial charge in [0.25, 0.3) is 0 Å². The van der Waals surface area contributed by atoms with Gasteiger partial charge in [-0.2, -0.15) is 11.8 Å². The second-order valence-electron chi connectivity index (χ2n) is 3.53. The molecule has 1 heterocycles. The largest absolute Gasteiger partial charge is 0.408 e. The normalized spacial score (nSPS) is 12.4. The molecule has 3 N–H and O–H groups in total. The van der Waals surface area contributed by atoms with E-state index in [4.69, 9.17) is 10.2 Å². The number of nitrogens with two attached hydrogens (primary N) is 1. The van der Waals surface area contributed by atoms with E-state index in [1.165, 1.54) is 11.8 Å². The summed E-state index contributed by atoms with van der Waals surface area (Å²) < 4.78 is 5.02. The third-order valence-electron chi connectivity index (χ3n) is 1.81. The molecular formula is C9H16N4O2S. The van der Waals surface area contributed by atoms with E-state index in [9.17, 15) is 4.79 Å². The summed E-state index contributed by atoms with van der Waals surface area (Å²) in [6, 6.07) is 0.148. The number of rotatable bonds is 6. The summed E-state index contributed by atoms with van der Waals surface area (Å²) in [7, 11) is 0. The Morgan fingerprint density at radius 3 is 2.94 bits per heavy atom. The van der Waals surface area contributed by atoms with E-state index in [0.29, 0.717) is 24.1 Å². The Morgan fingerprint density at radius 2 is 2.38 bits per heavy atom. The Hall–Kier alpha value is -1.08. The van der Waals surface area contributed by atoms with Crippen molar-refractivity contribution in [3.63, 3.8) is 0 Å². The highest BCUT2D eigenvalue weighted by atomic mass is 32.2. The van der Waals surface area contributed by atoms with E-state index in [2.05, 4.69) is 15.5 Å². The Kier molecular flexibility index (Phi) is 5.27. The van der Waals surface area contributed by atoms with Crippen LogP contribution in [0.2, 0.25) is 0 Å². The fourth-order valence-electron chi connectivity index (χ4n) is 0.923. The third kappa shape index (κ3) is 4.63. The van der Waals surface area contributed by atoms with Gasteiger partial charge < -0.3 is 10.2 Å².